The van der Waals surface area contributed by atoms with Crippen LogP contribution in [-0.4, -0.2) is 0 Å². The van der Waals surface area contributed by atoms with Gasteiger partial charge >= 0.3 is 0 Å². The fourth-order valence-electron chi connectivity index (χ4n) is 5.18. The second-order valence-electron chi connectivity index (χ2n) is 7.96. The minimum Gasteiger partial charge on any atom is -0.207 e. The molecule has 2 fully saturated rings. The minimum atomic E-state index is -0.828. The molecule has 0 atom stereocenters. The smallest absolute Gasteiger partial charge is 0.132 e. The van der Waals surface area contributed by atoms with Crippen molar-refractivity contribution in [1.82, 2.24) is 0 Å². The van der Waals surface area contributed by atoms with E-state index < -0.39 is 17.5 Å². The van der Waals surface area contributed by atoms with Gasteiger partial charge in [0.05, 0.1) is 0 Å². The molecule has 0 bridgehead atoms. The monoisotopic (exact) mass is 338 g/mol. The third-order valence-electron chi connectivity index (χ3n) is 6.48. The van der Waals surface area contributed by atoms with Gasteiger partial charge in [0.2, 0.25) is 0 Å². The summed E-state index contributed by atoms with van der Waals surface area (Å²) < 4.78 is 41.1. The Kier molecular flexibility index (Phi) is 5.89. The maximum absolute atomic E-state index is 14.0. The Labute approximate surface area is 143 Å². The summed E-state index contributed by atoms with van der Waals surface area (Å²) in [5, 5.41) is 0. The minimum absolute atomic E-state index is 0.0849. The average molecular weight is 338 g/mol. The lowest BCUT2D eigenvalue weighted by atomic mass is 9.68. The highest BCUT2D eigenvalue weighted by molar-refractivity contribution is 5.25. The third-order valence-corrected chi connectivity index (χ3v) is 6.48. The van der Waals surface area contributed by atoms with Crippen LogP contribution in [0.4, 0.5) is 13.2 Å². The fourth-order valence-corrected chi connectivity index (χ4v) is 5.18. The molecule has 0 unspecified atom stereocenters. The molecule has 24 heavy (non-hydrogen) atoms. The highest BCUT2D eigenvalue weighted by atomic mass is 19.1. The van der Waals surface area contributed by atoms with Crippen LogP contribution < -0.4 is 0 Å². The van der Waals surface area contributed by atoms with E-state index in [1.165, 1.54) is 38.5 Å². The molecule has 0 heterocycles. The van der Waals surface area contributed by atoms with E-state index in [9.17, 15) is 13.2 Å². The van der Waals surface area contributed by atoms with Crippen molar-refractivity contribution < 1.29 is 13.2 Å². The lowest BCUT2D eigenvalue weighted by Crippen LogP contribution is -2.26. The summed E-state index contributed by atoms with van der Waals surface area (Å²) in [7, 11) is 0. The van der Waals surface area contributed by atoms with E-state index in [4.69, 9.17) is 0 Å². The van der Waals surface area contributed by atoms with Crippen LogP contribution in [0.15, 0.2) is 12.1 Å². The molecule has 2 saturated carbocycles. The molecule has 0 N–H and O–H groups in total. The molecule has 3 rings (SSSR count). The predicted octanol–water partition coefficient (Wildman–Crippen LogP) is 6.98. The van der Waals surface area contributed by atoms with Gasteiger partial charge in [-0.15, -0.1) is 0 Å². The first kappa shape index (κ1) is 17.8. The van der Waals surface area contributed by atoms with Crippen molar-refractivity contribution in [3.05, 3.63) is 35.1 Å². The van der Waals surface area contributed by atoms with E-state index in [-0.39, 0.29) is 11.5 Å². The number of benzene rings is 1. The molecule has 0 radical (unpaired) electrons. The Morgan fingerprint density at radius 1 is 0.792 bits per heavy atom. The molecule has 0 aliphatic heterocycles. The molecule has 0 amide bonds. The second-order valence-corrected chi connectivity index (χ2v) is 7.96. The molecule has 0 saturated heterocycles. The maximum Gasteiger partial charge on any atom is 0.132 e. The molecule has 2 aliphatic carbocycles. The summed E-state index contributed by atoms with van der Waals surface area (Å²) in [5.41, 5.74) is 0.113. The molecule has 1 aromatic carbocycles. The Morgan fingerprint density at radius 3 is 1.79 bits per heavy atom. The van der Waals surface area contributed by atoms with E-state index in [0.717, 1.165) is 55.6 Å². The predicted molar refractivity (Wildman–Crippen MR) is 91.4 cm³/mol. The van der Waals surface area contributed by atoms with E-state index in [1.54, 1.807) is 0 Å². The first-order chi connectivity index (χ1) is 11.6. The van der Waals surface area contributed by atoms with Crippen molar-refractivity contribution >= 4 is 0 Å². The summed E-state index contributed by atoms with van der Waals surface area (Å²) in [6.07, 6.45) is 11.8. The van der Waals surface area contributed by atoms with Gasteiger partial charge < -0.3 is 0 Å². The van der Waals surface area contributed by atoms with Gasteiger partial charge in [-0.2, -0.15) is 0 Å². The highest BCUT2D eigenvalue weighted by Gasteiger charge is 2.32. The van der Waals surface area contributed by atoms with Gasteiger partial charge in [0, 0.05) is 17.7 Å². The Balaban J connectivity index is 1.55. The topological polar surface area (TPSA) is 0 Å². The lowest BCUT2D eigenvalue weighted by molar-refractivity contribution is 0.155. The number of halogens is 3. The maximum atomic E-state index is 14.0. The Hall–Kier alpha value is -0.990. The second kappa shape index (κ2) is 7.93. The van der Waals surface area contributed by atoms with Gasteiger partial charge in [-0.1, -0.05) is 32.6 Å². The van der Waals surface area contributed by atoms with Crippen LogP contribution in [0.3, 0.4) is 0 Å². The van der Waals surface area contributed by atoms with Crippen molar-refractivity contribution in [3.8, 4) is 0 Å². The van der Waals surface area contributed by atoms with Gasteiger partial charge in [-0.25, -0.2) is 13.2 Å². The Bertz CT molecular complexity index is 515. The summed E-state index contributed by atoms with van der Waals surface area (Å²) >= 11 is 0. The quantitative estimate of drug-likeness (QED) is 0.555. The van der Waals surface area contributed by atoms with Crippen LogP contribution in [0.5, 0.6) is 0 Å². The van der Waals surface area contributed by atoms with Crippen LogP contribution in [0.2, 0.25) is 0 Å². The van der Waals surface area contributed by atoms with Crippen LogP contribution >= 0.6 is 0 Å². The van der Waals surface area contributed by atoms with E-state index in [2.05, 4.69) is 6.92 Å². The largest absolute Gasteiger partial charge is 0.207 e. The summed E-state index contributed by atoms with van der Waals surface area (Å²) in [4.78, 5) is 0. The van der Waals surface area contributed by atoms with Crippen LogP contribution in [-0.2, 0) is 0 Å². The molecular weight excluding hydrogens is 309 g/mol. The number of hydrogen-bond acceptors (Lipinski definition) is 0. The van der Waals surface area contributed by atoms with Gasteiger partial charge in [-0.05, 0) is 62.2 Å². The van der Waals surface area contributed by atoms with Crippen LogP contribution in [0, 0.1) is 35.2 Å². The zero-order chi connectivity index (χ0) is 17.1. The van der Waals surface area contributed by atoms with E-state index in [0.29, 0.717) is 0 Å². The lowest BCUT2D eigenvalue weighted by Gasteiger charge is -2.38. The van der Waals surface area contributed by atoms with Crippen molar-refractivity contribution in [2.24, 2.45) is 17.8 Å². The van der Waals surface area contributed by atoms with Crippen molar-refractivity contribution in [2.45, 2.75) is 77.0 Å². The molecule has 134 valence electrons. The van der Waals surface area contributed by atoms with Gasteiger partial charge in [0.1, 0.15) is 17.5 Å². The molecule has 0 spiro atoms. The average Bonchev–Trinajstić information content (AvgIpc) is 2.56. The van der Waals surface area contributed by atoms with Gasteiger partial charge in [0.15, 0.2) is 0 Å². The molecule has 3 heteroatoms. The molecule has 2 aliphatic rings. The molecular formula is C21H29F3. The first-order valence-electron chi connectivity index (χ1n) is 9.72. The van der Waals surface area contributed by atoms with Gasteiger partial charge in [-0.3, -0.25) is 0 Å². The normalized spacial score (nSPS) is 31.2. The molecule has 1 aromatic rings. The van der Waals surface area contributed by atoms with Crippen LogP contribution in [0.25, 0.3) is 0 Å². The highest BCUT2D eigenvalue weighted by Crippen LogP contribution is 2.45. The van der Waals surface area contributed by atoms with Crippen molar-refractivity contribution in [3.63, 3.8) is 0 Å². The number of hydrogen-bond donors (Lipinski definition) is 0. The fraction of sp³-hybridized carbons (Fsp3) is 0.714. The van der Waals surface area contributed by atoms with Crippen LogP contribution in [0.1, 0.15) is 82.6 Å². The van der Waals surface area contributed by atoms with Gasteiger partial charge in [0.25, 0.3) is 0 Å². The molecule has 0 nitrogen and oxygen atoms in total. The zero-order valence-electron chi connectivity index (χ0n) is 14.7. The molecule has 0 aromatic heterocycles. The van der Waals surface area contributed by atoms with Crippen molar-refractivity contribution in [1.29, 1.82) is 0 Å². The van der Waals surface area contributed by atoms with Crippen molar-refractivity contribution in [2.75, 3.05) is 0 Å². The SMILES string of the molecule is CCCC1CCC(C2CCC(c3c(F)cc(F)cc3F)CC2)CC1. The standard InChI is InChI=1S/C21H29F3/c1-2-3-14-4-6-15(7-5-14)16-8-10-17(11-9-16)21-19(23)12-18(22)13-20(21)24/h12-17H,2-11H2,1H3. The zero-order valence-corrected chi connectivity index (χ0v) is 14.7. The van der Waals surface area contributed by atoms with E-state index in [1.807, 2.05) is 0 Å². The summed E-state index contributed by atoms with van der Waals surface area (Å²) in [6, 6.07) is 1.64. The first-order valence-corrected chi connectivity index (χ1v) is 9.72. The Morgan fingerprint density at radius 2 is 1.29 bits per heavy atom. The van der Waals surface area contributed by atoms with E-state index >= 15 is 0 Å². The summed E-state index contributed by atoms with van der Waals surface area (Å²) in [6.45, 7) is 2.26. The summed E-state index contributed by atoms with van der Waals surface area (Å²) in [5.74, 6) is 0.110. The third kappa shape index (κ3) is 3.97. The number of rotatable bonds is 4.